The Balaban J connectivity index is 1.47. The number of nitrogens with zero attached hydrogens (tertiary/aromatic N) is 2. The lowest BCUT2D eigenvalue weighted by Crippen LogP contribution is -2.37. The first-order valence-electron chi connectivity index (χ1n) is 8.31. The summed E-state index contributed by atoms with van der Waals surface area (Å²) in [6, 6.07) is 13.0. The molecule has 2 aromatic rings. The molecule has 2 heterocycles. The van der Waals surface area contributed by atoms with E-state index < -0.39 is 0 Å². The highest BCUT2D eigenvalue weighted by molar-refractivity contribution is 7.09. The van der Waals surface area contributed by atoms with Crippen LogP contribution < -0.4 is 15.5 Å². The summed E-state index contributed by atoms with van der Waals surface area (Å²) < 4.78 is 0. The van der Waals surface area contributed by atoms with Crippen LogP contribution in [0.15, 0.2) is 58.9 Å². The molecule has 2 N–H and O–H groups in total. The lowest BCUT2D eigenvalue weighted by Gasteiger charge is -2.19. The fourth-order valence-corrected chi connectivity index (χ4v) is 3.43. The summed E-state index contributed by atoms with van der Waals surface area (Å²) in [4.78, 5) is 8.05. The maximum atomic E-state index is 4.30. The minimum Gasteiger partial charge on any atom is -0.364 e. The highest BCUT2D eigenvalue weighted by Crippen LogP contribution is 2.18. The third kappa shape index (κ3) is 4.61. The number of hydrogen-bond acceptors (Lipinski definition) is 3. The minimum atomic E-state index is 0.772. The number of hydrogen-bond donors (Lipinski definition) is 2. The molecule has 0 spiro atoms. The second-order valence-electron chi connectivity index (χ2n) is 5.73. The van der Waals surface area contributed by atoms with Crippen LogP contribution in [-0.4, -0.2) is 32.6 Å². The zero-order chi connectivity index (χ0) is 16.6. The quantitative estimate of drug-likeness (QED) is 0.482. The van der Waals surface area contributed by atoms with Crippen LogP contribution in [0.2, 0.25) is 0 Å². The van der Waals surface area contributed by atoms with Crippen LogP contribution in [0.5, 0.6) is 0 Å². The molecule has 0 radical (unpaired) electrons. The molecule has 0 unspecified atom stereocenters. The molecule has 1 aromatic heterocycles. The first-order chi connectivity index (χ1) is 11.8. The van der Waals surface area contributed by atoms with Gasteiger partial charge in [0.2, 0.25) is 0 Å². The Morgan fingerprint density at radius 3 is 2.79 bits per heavy atom. The van der Waals surface area contributed by atoms with Crippen molar-refractivity contribution in [1.29, 1.82) is 0 Å². The highest BCUT2D eigenvalue weighted by atomic mass is 32.1. The van der Waals surface area contributed by atoms with Crippen molar-refractivity contribution in [2.75, 3.05) is 31.6 Å². The van der Waals surface area contributed by atoms with Crippen LogP contribution >= 0.6 is 11.3 Å². The van der Waals surface area contributed by atoms with Gasteiger partial charge in [0.25, 0.3) is 0 Å². The number of benzene rings is 1. The molecule has 4 nitrogen and oxygen atoms in total. The van der Waals surface area contributed by atoms with E-state index in [0.29, 0.717) is 0 Å². The lowest BCUT2D eigenvalue weighted by atomic mass is 10.2. The Bertz CT molecular complexity index is 683. The van der Waals surface area contributed by atoms with E-state index in [-0.39, 0.29) is 0 Å². The number of rotatable bonds is 6. The summed E-state index contributed by atoms with van der Waals surface area (Å²) in [5, 5.41) is 8.88. The average molecular weight is 340 g/mol. The number of anilines is 1. The van der Waals surface area contributed by atoms with E-state index in [2.05, 4.69) is 74.5 Å². The molecular weight excluding hydrogens is 316 g/mol. The minimum absolute atomic E-state index is 0.772. The molecule has 1 aliphatic rings. The average Bonchev–Trinajstić information content (AvgIpc) is 3.31. The molecule has 24 heavy (non-hydrogen) atoms. The van der Waals surface area contributed by atoms with Crippen LogP contribution in [-0.2, 0) is 13.0 Å². The molecule has 1 aromatic carbocycles. The third-order valence-corrected chi connectivity index (χ3v) is 4.96. The van der Waals surface area contributed by atoms with Gasteiger partial charge in [0.05, 0.1) is 0 Å². The molecule has 3 rings (SSSR count). The van der Waals surface area contributed by atoms with Crippen molar-refractivity contribution in [2.45, 2.75) is 13.0 Å². The predicted molar refractivity (Wildman–Crippen MR) is 104 cm³/mol. The Hall–Kier alpha value is -2.27. The molecule has 0 amide bonds. The monoisotopic (exact) mass is 340 g/mol. The van der Waals surface area contributed by atoms with Crippen molar-refractivity contribution in [1.82, 2.24) is 10.6 Å². The maximum absolute atomic E-state index is 4.30. The maximum Gasteiger partial charge on any atom is 0.191 e. The number of nitrogens with one attached hydrogen (secondary N) is 2. The zero-order valence-electron chi connectivity index (χ0n) is 14.0. The van der Waals surface area contributed by atoms with Gasteiger partial charge in [0.15, 0.2) is 5.96 Å². The van der Waals surface area contributed by atoms with Gasteiger partial charge in [0.1, 0.15) is 0 Å². The molecule has 1 aliphatic heterocycles. The van der Waals surface area contributed by atoms with Crippen LogP contribution in [0.3, 0.4) is 0 Å². The first-order valence-corrected chi connectivity index (χ1v) is 9.19. The summed E-state index contributed by atoms with van der Waals surface area (Å²) in [5.74, 6) is 0.847. The fourth-order valence-electron chi connectivity index (χ4n) is 2.72. The van der Waals surface area contributed by atoms with Gasteiger partial charge in [-0.15, -0.1) is 11.3 Å². The van der Waals surface area contributed by atoms with Crippen molar-refractivity contribution < 1.29 is 0 Å². The summed E-state index contributed by atoms with van der Waals surface area (Å²) in [6.45, 7) is 3.67. The van der Waals surface area contributed by atoms with Crippen molar-refractivity contribution in [3.63, 3.8) is 0 Å². The standard InChI is InChI=1S/C19H24N4S/c1-20-19(21-10-9-18-8-5-13-24-18)22-15-16-6-4-7-17(14-16)23-11-2-3-12-23/h2-8,13-14H,9-12,15H2,1H3,(H2,20,21,22). The molecule has 126 valence electrons. The van der Waals surface area contributed by atoms with Gasteiger partial charge in [-0.1, -0.05) is 30.4 Å². The first kappa shape index (κ1) is 16.6. The van der Waals surface area contributed by atoms with Crippen molar-refractivity contribution >= 4 is 23.0 Å². The van der Waals surface area contributed by atoms with E-state index in [1.54, 1.807) is 11.3 Å². The van der Waals surface area contributed by atoms with Gasteiger partial charge < -0.3 is 15.5 Å². The summed E-state index contributed by atoms with van der Waals surface area (Å²) >= 11 is 1.80. The van der Waals surface area contributed by atoms with Gasteiger partial charge >= 0.3 is 0 Å². The van der Waals surface area contributed by atoms with Crippen LogP contribution in [0.1, 0.15) is 10.4 Å². The SMILES string of the molecule is CN=C(NCCc1cccs1)NCc1cccc(N2CC=CC2)c1. The summed E-state index contributed by atoms with van der Waals surface area (Å²) in [7, 11) is 1.81. The van der Waals surface area contributed by atoms with E-state index >= 15 is 0 Å². The van der Waals surface area contributed by atoms with Gasteiger partial charge in [0, 0.05) is 43.8 Å². The highest BCUT2D eigenvalue weighted by Gasteiger charge is 2.08. The Morgan fingerprint density at radius 1 is 1.17 bits per heavy atom. The molecule has 5 heteroatoms. The lowest BCUT2D eigenvalue weighted by molar-refractivity contribution is 0.799. The number of thiophene rings is 1. The van der Waals surface area contributed by atoms with Crippen LogP contribution in [0.25, 0.3) is 0 Å². The number of guanidine groups is 1. The normalized spacial score (nSPS) is 14.2. The largest absolute Gasteiger partial charge is 0.364 e. The van der Waals surface area contributed by atoms with Gasteiger partial charge in [-0.25, -0.2) is 0 Å². The van der Waals surface area contributed by atoms with E-state index in [9.17, 15) is 0 Å². The van der Waals surface area contributed by atoms with Gasteiger partial charge in [-0.05, 0) is 35.6 Å². The van der Waals surface area contributed by atoms with E-state index in [1.807, 2.05) is 7.05 Å². The molecular formula is C19H24N4S. The van der Waals surface area contributed by atoms with Crippen molar-refractivity contribution in [2.24, 2.45) is 4.99 Å². The van der Waals surface area contributed by atoms with Crippen molar-refractivity contribution in [3.8, 4) is 0 Å². The zero-order valence-corrected chi connectivity index (χ0v) is 14.9. The molecule has 0 aliphatic carbocycles. The fraction of sp³-hybridized carbons (Fsp3) is 0.316. The second-order valence-corrected chi connectivity index (χ2v) is 6.76. The van der Waals surface area contributed by atoms with Crippen molar-refractivity contribution in [3.05, 3.63) is 64.4 Å². The Kier molecular flexibility index (Phi) is 5.90. The molecule has 0 atom stereocenters. The molecule has 0 fully saturated rings. The summed E-state index contributed by atoms with van der Waals surface area (Å²) in [6.07, 6.45) is 5.45. The van der Waals surface area contributed by atoms with Crippen LogP contribution in [0, 0.1) is 0 Å². The third-order valence-electron chi connectivity index (χ3n) is 4.02. The Labute approximate surface area is 147 Å². The second kappa shape index (κ2) is 8.55. The molecule has 0 saturated heterocycles. The Morgan fingerprint density at radius 2 is 2.04 bits per heavy atom. The van der Waals surface area contributed by atoms with Gasteiger partial charge in [-0.2, -0.15) is 0 Å². The van der Waals surface area contributed by atoms with E-state index in [1.165, 1.54) is 16.1 Å². The number of aliphatic imine (C=N–C) groups is 1. The van der Waals surface area contributed by atoms with E-state index in [0.717, 1.165) is 38.6 Å². The van der Waals surface area contributed by atoms with Gasteiger partial charge in [-0.3, -0.25) is 4.99 Å². The predicted octanol–water partition coefficient (Wildman–Crippen LogP) is 3.03. The molecule has 0 saturated carbocycles. The smallest absolute Gasteiger partial charge is 0.191 e. The van der Waals surface area contributed by atoms with Crippen LogP contribution in [0.4, 0.5) is 5.69 Å². The van der Waals surface area contributed by atoms with E-state index in [4.69, 9.17) is 0 Å². The topological polar surface area (TPSA) is 39.7 Å². The summed E-state index contributed by atoms with van der Waals surface area (Å²) in [5.41, 5.74) is 2.54. The molecule has 0 bridgehead atoms.